The Morgan fingerprint density at radius 3 is 2.53 bits per heavy atom. The average molecular weight is 199 g/mol. The van der Waals surface area contributed by atoms with Gasteiger partial charge in [0.1, 0.15) is 6.42 Å². The molecule has 0 amide bonds. The topological polar surface area (TPSA) is 59.6 Å². The van der Waals surface area contributed by atoms with Crippen LogP contribution in [-0.4, -0.2) is 6.54 Å². The van der Waals surface area contributed by atoms with E-state index in [2.05, 4.69) is 29.6 Å². The van der Waals surface area contributed by atoms with Crippen LogP contribution >= 0.6 is 0 Å². The highest BCUT2D eigenvalue weighted by atomic mass is 14.9. The minimum absolute atomic E-state index is 0. The molecule has 15 heavy (non-hydrogen) atoms. The minimum Gasteiger partial charge on any atom is -0.385 e. The molecular weight excluding hydrogens is 186 g/mol. The number of nitriles is 2. The molecule has 0 aromatic heterocycles. The largest absolute Gasteiger partial charge is 0.385 e. The molecule has 0 atom stereocenters. The van der Waals surface area contributed by atoms with Crippen LogP contribution < -0.4 is 5.32 Å². The summed E-state index contributed by atoms with van der Waals surface area (Å²) in [6.07, 6.45) is 2.51. The van der Waals surface area contributed by atoms with Gasteiger partial charge in [-0.15, -0.1) is 0 Å². The lowest BCUT2D eigenvalue weighted by Gasteiger charge is -2.16. The lowest BCUT2D eigenvalue weighted by Crippen LogP contribution is -2.10. The van der Waals surface area contributed by atoms with E-state index in [-0.39, 0.29) is 6.42 Å². The van der Waals surface area contributed by atoms with Gasteiger partial charge in [0.2, 0.25) is 0 Å². The predicted octanol–water partition coefficient (Wildman–Crippen LogP) is 2.47. The first kappa shape index (κ1) is 11.1. The summed E-state index contributed by atoms with van der Waals surface area (Å²) in [6.45, 7) is 1.14. The van der Waals surface area contributed by atoms with E-state index in [0.717, 1.165) is 6.54 Å². The van der Waals surface area contributed by atoms with Crippen molar-refractivity contribution in [3.63, 3.8) is 0 Å². The van der Waals surface area contributed by atoms with E-state index >= 15 is 0 Å². The molecule has 0 fully saturated rings. The lowest BCUT2D eigenvalue weighted by molar-refractivity contribution is 0.830. The van der Waals surface area contributed by atoms with Crippen molar-refractivity contribution >= 4 is 5.69 Å². The Hall–Kier alpha value is -2.00. The molecule has 1 aromatic rings. The predicted molar refractivity (Wildman–Crippen MR) is 59.1 cm³/mol. The first-order valence-corrected chi connectivity index (χ1v) is 4.94. The van der Waals surface area contributed by atoms with Crippen LogP contribution in [0.1, 0.15) is 18.4 Å². The zero-order valence-electron chi connectivity index (χ0n) is 8.53. The molecule has 1 aromatic carbocycles. The molecule has 0 radical (unpaired) electrons. The zero-order valence-corrected chi connectivity index (χ0v) is 8.53. The standard InChI is InChI=1S/C9H11N.C3H2N2/c1-2-6-9-8(4-1)5-3-7-10-9;4-2-1-3-5/h1-2,4,6,10H,3,5,7H2;1H2. The number of nitrogens with one attached hydrogen (secondary N) is 1. The van der Waals surface area contributed by atoms with Crippen molar-refractivity contribution in [3.05, 3.63) is 29.8 Å². The van der Waals surface area contributed by atoms with Crippen molar-refractivity contribution in [2.24, 2.45) is 0 Å². The molecule has 0 saturated carbocycles. The van der Waals surface area contributed by atoms with Crippen molar-refractivity contribution in [3.8, 4) is 12.1 Å². The summed E-state index contributed by atoms with van der Waals surface area (Å²) in [5.41, 5.74) is 2.79. The second kappa shape index (κ2) is 6.45. The molecule has 3 nitrogen and oxygen atoms in total. The Bertz CT molecular complexity index is 348. The number of rotatable bonds is 0. The number of benzene rings is 1. The molecule has 0 bridgehead atoms. The molecular formula is C12H13N3. The van der Waals surface area contributed by atoms with Gasteiger partial charge in [0.05, 0.1) is 12.1 Å². The Balaban J connectivity index is 0.000000195. The first-order valence-electron chi connectivity index (χ1n) is 4.94. The Labute approximate surface area is 90.0 Å². The number of anilines is 1. The first-order chi connectivity index (χ1) is 7.38. The van der Waals surface area contributed by atoms with E-state index in [0.29, 0.717) is 0 Å². The number of nitrogens with zero attached hydrogens (tertiary/aromatic N) is 2. The van der Waals surface area contributed by atoms with Crippen LogP contribution in [0.25, 0.3) is 0 Å². The van der Waals surface area contributed by atoms with Crippen LogP contribution in [0.4, 0.5) is 5.69 Å². The van der Waals surface area contributed by atoms with Crippen LogP contribution in [0, 0.1) is 22.7 Å². The third-order valence-electron chi connectivity index (χ3n) is 2.11. The summed E-state index contributed by atoms with van der Waals surface area (Å²) in [4.78, 5) is 0. The molecule has 76 valence electrons. The maximum atomic E-state index is 7.59. The fourth-order valence-corrected chi connectivity index (χ4v) is 1.45. The van der Waals surface area contributed by atoms with Gasteiger partial charge in [0.25, 0.3) is 0 Å². The minimum atomic E-state index is 0. The summed E-state index contributed by atoms with van der Waals surface area (Å²) in [6, 6.07) is 11.8. The molecule has 2 rings (SSSR count). The van der Waals surface area contributed by atoms with Crippen molar-refractivity contribution in [1.82, 2.24) is 0 Å². The van der Waals surface area contributed by atoms with Gasteiger partial charge in [-0.05, 0) is 24.5 Å². The van der Waals surface area contributed by atoms with Gasteiger partial charge in [0.15, 0.2) is 0 Å². The fourth-order valence-electron chi connectivity index (χ4n) is 1.45. The Morgan fingerprint density at radius 1 is 1.20 bits per heavy atom. The molecule has 3 heteroatoms. The maximum Gasteiger partial charge on any atom is 0.122 e. The number of aryl methyl sites for hydroxylation is 1. The quantitative estimate of drug-likeness (QED) is 0.698. The van der Waals surface area contributed by atoms with E-state index in [4.69, 9.17) is 10.5 Å². The second-order valence-electron chi connectivity index (χ2n) is 3.18. The third-order valence-corrected chi connectivity index (χ3v) is 2.11. The van der Waals surface area contributed by atoms with Gasteiger partial charge >= 0.3 is 0 Å². The SMILES string of the molecule is N#CCC#N.c1ccc2c(c1)CCCN2. The van der Waals surface area contributed by atoms with Gasteiger partial charge < -0.3 is 5.32 Å². The molecule has 1 aliphatic rings. The highest BCUT2D eigenvalue weighted by Crippen LogP contribution is 2.19. The molecule has 0 unspecified atom stereocenters. The van der Waals surface area contributed by atoms with Crippen molar-refractivity contribution in [2.45, 2.75) is 19.3 Å². The monoisotopic (exact) mass is 199 g/mol. The van der Waals surface area contributed by atoms with Gasteiger partial charge in [-0.3, -0.25) is 0 Å². The second-order valence-corrected chi connectivity index (χ2v) is 3.18. The van der Waals surface area contributed by atoms with Gasteiger partial charge in [0, 0.05) is 12.2 Å². The van der Waals surface area contributed by atoms with Crippen LogP contribution in [0.5, 0.6) is 0 Å². The van der Waals surface area contributed by atoms with Gasteiger partial charge in [-0.1, -0.05) is 18.2 Å². The highest BCUT2D eigenvalue weighted by molar-refractivity contribution is 5.52. The Kier molecular flexibility index (Phi) is 4.77. The average Bonchev–Trinajstić information content (AvgIpc) is 2.31. The summed E-state index contributed by atoms with van der Waals surface area (Å²) in [7, 11) is 0. The summed E-state index contributed by atoms with van der Waals surface area (Å²) < 4.78 is 0. The molecule has 0 aliphatic carbocycles. The highest BCUT2D eigenvalue weighted by Gasteiger charge is 2.04. The molecule has 1 heterocycles. The summed E-state index contributed by atoms with van der Waals surface area (Å²) in [5.74, 6) is 0. The smallest absolute Gasteiger partial charge is 0.122 e. The van der Waals surface area contributed by atoms with E-state index in [9.17, 15) is 0 Å². The summed E-state index contributed by atoms with van der Waals surface area (Å²) >= 11 is 0. The third kappa shape index (κ3) is 3.70. The van der Waals surface area contributed by atoms with Crippen molar-refractivity contribution in [2.75, 3.05) is 11.9 Å². The van der Waals surface area contributed by atoms with Crippen molar-refractivity contribution in [1.29, 1.82) is 10.5 Å². The molecule has 0 saturated heterocycles. The van der Waals surface area contributed by atoms with Crippen LogP contribution in [0.3, 0.4) is 0 Å². The molecule has 0 spiro atoms. The van der Waals surface area contributed by atoms with Gasteiger partial charge in [-0.25, -0.2) is 0 Å². The number of hydrogen-bond acceptors (Lipinski definition) is 3. The van der Waals surface area contributed by atoms with E-state index in [1.54, 1.807) is 12.1 Å². The number of para-hydroxylation sites is 1. The van der Waals surface area contributed by atoms with E-state index < -0.39 is 0 Å². The molecule has 1 aliphatic heterocycles. The van der Waals surface area contributed by atoms with Crippen LogP contribution in [0.15, 0.2) is 24.3 Å². The lowest BCUT2D eigenvalue weighted by atomic mass is 10.0. The normalized spacial score (nSPS) is 11.9. The summed E-state index contributed by atoms with van der Waals surface area (Å²) in [5, 5.41) is 18.6. The van der Waals surface area contributed by atoms with Gasteiger partial charge in [-0.2, -0.15) is 10.5 Å². The molecule has 1 N–H and O–H groups in total. The number of hydrogen-bond donors (Lipinski definition) is 1. The fraction of sp³-hybridized carbons (Fsp3) is 0.333. The Morgan fingerprint density at radius 2 is 1.93 bits per heavy atom. The van der Waals surface area contributed by atoms with Crippen LogP contribution in [0.2, 0.25) is 0 Å². The number of fused-ring (bicyclic) bond motifs is 1. The van der Waals surface area contributed by atoms with E-state index in [1.165, 1.54) is 24.1 Å². The van der Waals surface area contributed by atoms with E-state index in [1.807, 2.05) is 0 Å². The zero-order chi connectivity index (χ0) is 10.9. The van der Waals surface area contributed by atoms with Crippen LogP contribution in [-0.2, 0) is 6.42 Å². The van der Waals surface area contributed by atoms with Crippen molar-refractivity contribution < 1.29 is 0 Å². The maximum absolute atomic E-state index is 7.59.